The number of aryl methyl sites for hydroxylation is 2. The van der Waals surface area contributed by atoms with Gasteiger partial charge >= 0.3 is 0 Å². The van der Waals surface area contributed by atoms with Gasteiger partial charge < -0.3 is 14.7 Å². The summed E-state index contributed by atoms with van der Waals surface area (Å²) in [5.74, 6) is 0.804. The van der Waals surface area contributed by atoms with Gasteiger partial charge in [-0.1, -0.05) is 31.2 Å². The summed E-state index contributed by atoms with van der Waals surface area (Å²) in [6.45, 7) is 7.00. The highest BCUT2D eigenvalue weighted by Gasteiger charge is 2.42. The lowest BCUT2D eigenvalue weighted by molar-refractivity contribution is 0.0730. The molecule has 1 atom stereocenters. The summed E-state index contributed by atoms with van der Waals surface area (Å²) >= 11 is 0. The van der Waals surface area contributed by atoms with Crippen molar-refractivity contribution in [2.24, 2.45) is 0 Å². The zero-order valence-electron chi connectivity index (χ0n) is 20.1. The second-order valence-corrected chi connectivity index (χ2v) is 8.95. The van der Waals surface area contributed by atoms with Crippen LogP contribution >= 0.6 is 0 Å². The van der Waals surface area contributed by atoms with Gasteiger partial charge in [0.2, 0.25) is 0 Å². The molecule has 4 aromatic rings. The van der Waals surface area contributed by atoms with Crippen LogP contribution in [-0.4, -0.2) is 37.7 Å². The quantitative estimate of drug-likeness (QED) is 0.383. The fourth-order valence-corrected chi connectivity index (χ4v) is 4.80. The highest BCUT2D eigenvalue weighted by Crippen LogP contribution is 2.46. The Morgan fingerprint density at radius 3 is 2.63 bits per heavy atom. The summed E-state index contributed by atoms with van der Waals surface area (Å²) in [4.78, 5) is 19.6. The highest BCUT2D eigenvalue weighted by atomic mass is 16.5. The second-order valence-electron chi connectivity index (χ2n) is 8.95. The Hall–Kier alpha value is -4.13. The van der Waals surface area contributed by atoms with Gasteiger partial charge in [-0.2, -0.15) is 5.10 Å². The van der Waals surface area contributed by atoms with Crippen molar-refractivity contribution in [1.82, 2.24) is 20.1 Å². The molecule has 2 N–H and O–H groups in total. The van der Waals surface area contributed by atoms with Crippen LogP contribution in [0.25, 0.3) is 11.3 Å². The first-order valence-corrected chi connectivity index (χ1v) is 11.8. The van der Waals surface area contributed by atoms with Gasteiger partial charge in [0.05, 0.1) is 12.6 Å². The number of carbonyl (C=O) groups excluding carboxylic acids is 1. The third-order valence-corrected chi connectivity index (χ3v) is 6.30. The number of nitrogens with zero attached hydrogens (tertiary/aromatic N) is 3. The maximum Gasteiger partial charge on any atom is 0.273 e. The number of rotatable bonds is 7. The Morgan fingerprint density at radius 2 is 1.94 bits per heavy atom. The fourth-order valence-electron chi connectivity index (χ4n) is 4.80. The van der Waals surface area contributed by atoms with Gasteiger partial charge in [0, 0.05) is 30.1 Å². The molecule has 1 aliphatic rings. The summed E-state index contributed by atoms with van der Waals surface area (Å²) in [6.07, 6.45) is 4.42. The number of hydrogen-bond acceptors (Lipinski definition) is 5. The highest BCUT2D eigenvalue weighted by molar-refractivity contribution is 6.00. The third-order valence-electron chi connectivity index (χ3n) is 6.30. The molecule has 35 heavy (non-hydrogen) atoms. The molecule has 1 aliphatic heterocycles. The number of H-pyrrole nitrogens is 1. The number of carbonyl (C=O) groups is 1. The average molecular weight is 469 g/mol. The molecule has 0 saturated carbocycles. The first kappa shape index (κ1) is 22.7. The van der Waals surface area contributed by atoms with E-state index in [-0.39, 0.29) is 17.7 Å². The number of amides is 1. The standard InChI is InChI=1S/C28H28N4O3/c1-4-12-35-21-9-7-20(8-10-21)27-24-25(23-18(3)13-17(2)14-22(23)33)30-31-26(24)28(34)32(27)16-19-6-5-11-29-15-19/h5-11,13-15,27,33H,4,12,16H2,1-3H3,(H,30,31). The first-order valence-electron chi connectivity index (χ1n) is 11.8. The van der Waals surface area contributed by atoms with Gasteiger partial charge in [0.1, 0.15) is 22.9 Å². The van der Waals surface area contributed by atoms with Gasteiger partial charge in [0.25, 0.3) is 5.91 Å². The maximum absolute atomic E-state index is 13.6. The molecule has 0 aliphatic carbocycles. The van der Waals surface area contributed by atoms with Crippen LogP contribution in [0.3, 0.4) is 0 Å². The summed E-state index contributed by atoms with van der Waals surface area (Å²) in [6, 6.07) is 15.0. The van der Waals surface area contributed by atoms with Crippen LogP contribution < -0.4 is 4.74 Å². The van der Waals surface area contributed by atoms with E-state index in [0.717, 1.165) is 40.0 Å². The molecule has 5 rings (SSSR count). The molecule has 7 heteroatoms. The van der Waals surface area contributed by atoms with E-state index < -0.39 is 0 Å². The Morgan fingerprint density at radius 1 is 1.14 bits per heavy atom. The summed E-state index contributed by atoms with van der Waals surface area (Å²) in [5, 5.41) is 18.3. The molecule has 1 amide bonds. The predicted octanol–water partition coefficient (Wildman–Crippen LogP) is 5.33. The van der Waals surface area contributed by atoms with Crippen LogP contribution in [0.4, 0.5) is 0 Å². The van der Waals surface area contributed by atoms with E-state index >= 15 is 0 Å². The topological polar surface area (TPSA) is 91.3 Å². The molecule has 0 spiro atoms. The number of pyridine rings is 1. The minimum Gasteiger partial charge on any atom is -0.507 e. The molecule has 3 heterocycles. The van der Waals surface area contributed by atoms with Crippen molar-refractivity contribution in [3.63, 3.8) is 0 Å². The molecule has 2 aromatic carbocycles. The minimum absolute atomic E-state index is 0.136. The van der Waals surface area contributed by atoms with Crippen LogP contribution in [-0.2, 0) is 6.54 Å². The molecule has 0 bridgehead atoms. The monoisotopic (exact) mass is 468 g/mol. The van der Waals surface area contributed by atoms with Gasteiger partial charge in [-0.25, -0.2) is 0 Å². The molecular formula is C28H28N4O3. The van der Waals surface area contributed by atoms with Crippen molar-refractivity contribution in [2.45, 2.75) is 39.8 Å². The van der Waals surface area contributed by atoms with Crippen LogP contribution in [0.2, 0.25) is 0 Å². The lowest BCUT2D eigenvalue weighted by atomic mass is 9.93. The van der Waals surface area contributed by atoms with Crippen LogP contribution in [0.15, 0.2) is 60.9 Å². The normalized spacial score (nSPS) is 14.9. The minimum atomic E-state index is -0.383. The van der Waals surface area contributed by atoms with E-state index in [4.69, 9.17) is 4.74 Å². The van der Waals surface area contributed by atoms with Crippen LogP contribution in [0.5, 0.6) is 11.5 Å². The number of hydrogen-bond donors (Lipinski definition) is 2. The van der Waals surface area contributed by atoms with Crippen molar-refractivity contribution >= 4 is 5.91 Å². The number of phenolic OH excluding ortho intramolecular Hbond substituents is 1. The summed E-state index contributed by atoms with van der Waals surface area (Å²) in [7, 11) is 0. The lowest BCUT2D eigenvalue weighted by Crippen LogP contribution is -2.29. The van der Waals surface area contributed by atoms with Crippen molar-refractivity contribution in [3.05, 3.63) is 94.4 Å². The Kier molecular flexibility index (Phi) is 5.99. The SMILES string of the molecule is CCCOc1ccc(C2c3c(-c4c(C)cc(C)cc4O)n[nH]c3C(=O)N2Cc2cccnc2)cc1. The number of aromatic nitrogens is 3. The zero-order valence-corrected chi connectivity index (χ0v) is 20.1. The van der Waals surface area contributed by atoms with Crippen LogP contribution in [0.1, 0.15) is 57.7 Å². The number of nitrogens with one attached hydrogen (secondary N) is 1. The zero-order chi connectivity index (χ0) is 24.5. The molecule has 0 saturated heterocycles. The predicted molar refractivity (Wildman–Crippen MR) is 133 cm³/mol. The number of aromatic hydroxyl groups is 1. The number of fused-ring (bicyclic) bond motifs is 1. The average Bonchev–Trinajstić information content (AvgIpc) is 3.37. The largest absolute Gasteiger partial charge is 0.507 e. The number of ether oxygens (including phenoxy) is 1. The summed E-state index contributed by atoms with van der Waals surface area (Å²) < 4.78 is 5.77. The van der Waals surface area contributed by atoms with E-state index in [0.29, 0.717) is 30.1 Å². The Labute approximate surface area is 204 Å². The number of phenols is 1. The van der Waals surface area contributed by atoms with Crippen molar-refractivity contribution in [1.29, 1.82) is 0 Å². The smallest absolute Gasteiger partial charge is 0.273 e. The van der Waals surface area contributed by atoms with E-state index in [1.54, 1.807) is 18.5 Å². The van der Waals surface area contributed by atoms with E-state index in [9.17, 15) is 9.90 Å². The van der Waals surface area contributed by atoms with E-state index in [1.807, 2.05) is 61.2 Å². The van der Waals surface area contributed by atoms with E-state index in [1.165, 1.54) is 0 Å². The molecule has 2 aromatic heterocycles. The van der Waals surface area contributed by atoms with Gasteiger partial charge in [-0.15, -0.1) is 0 Å². The molecular weight excluding hydrogens is 440 g/mol. The van der Waals surface area contributed by atoms with Gasteiger partial charge in [0.15, 0.2) is 0 Å². The van der Waals surface area contributed by atoms with E-state index in [2.05, 4.69) is 22.1 Å². The number of benzene rings is 2. The summed E-state index contributed by atoms with van der Waals surface area (Å²) in [5.41, 5.74) is 6.18. The van der Waals surface area contributed by atoms with Gasteiger partial charge in [-0.05, 0) is 66.8 Å². The second kappa shape index (κ2) is 9.25. The van der Waals surface area contributed by atoms with Crippen molar-refractivity contribution in [3.8, 4) is 22.8 Å². The fraction of sp³-hybridized carbons (Fsp3) is 0.250. The Bertz CT molecular complexity index is 1340. The Balaban J connectivity index is 1.63. The van der Waals surface area contributed by atoms with Crippen molar-refractivity contribution < 1.29 is 14.6 Å². The molecule has 0 radical (unpaired) electrons. The maximum atomic E-state index is 13.6. The number of aromatic amines is 1. The molecule has 1 unspecified atom stereocenters. The van der Waals surface area contributed by atoms with Crippen molar-refractivity contribution in [2.75, 3.05) is 6.61 Å². The van der Waals surface area contributed by atoms with Crippen LogP contribution in [0, 0.1) is 13.8 Å². The molecule has 178 valence electrons. The van der Waals surface area contributed by atoms with Gasteiger partial charge in [-0.3, -0.25) is 14.9 Å². The third kappa shape index (κ3) is 4.14. The first-order chi connectivity index (χ1) is 17.0. The molecule has 7 nitrogen and oxygen atoms in total. The molecule has 0 fully saturated rings. The lowest BCUT2D eigenvalue weighted by Gasteiger charge is -2.27.